The molecule has 2 atom stereocenters. The van der Waals surface area contributed by atoms with Crippen molar-refractivity contribution in [3.63, 3.8) is 0 Å². The van der Waals surface area contributed by atoms with E-state index in [0.717, 1.165) is 8.66 Å². The summed E-state index contributed by atoms with van der Waals surface area (Å²) in [5.41, 5.74) is 0. The monoisotopic (exact) mass is 359 g/mol. The van der Waals surface area contributed by atoms with Gasteiger partial charge >= 0.3 is 0 Å². The molecule has 17 heavy (non-hydrogen) atoms. The normalized spacial score (nSPS) is 15.8. The summed E-state index contributed by atoms with van der Waals surface area (Å²) in [6, 6.07) is 1.24. The molecule has 1 rings (SSSR count). The van der Waals surface area contributed by atoms with E-state index in [1.54, 1.807) is 26.2 Å². The van der Waals surface area contributed by atoms with Gasteiger partial charge in [0.25, 0.3) is 0 Å². The van der Waals surface area contributed by atoms with E-state index in [4.69, 9.17) is 0 Å². The highest BCUT2D eigenvalue weighted by atomic mass is 79.9. The van der Waals surface area contributed by atoms with Crippen LogP contribution in [0.2, 0.25) is 0 Å². The quantitative estimate of drug-likeness (QED) is 0.872. The predicted octanol–water partition coefficient (Wildman–Crippen LogP) is 1.86. The Hall–Kier alpha value is 0.240. The number of hydrogen-bond donors (Lipinski definition) is 1. The van der Waals surface area contributed by atoms with Crippen LogP contribution in [-0.4, -0.2) is 30.7 Å². The van der Waals surface area contributed by atoms with E-state index in [1.807, 2.05) is 0 Å². The molecule has 4 nitrogen and oxygen atoms in total. The average molecular weight is 360 g/mol. The van der Waals surface area contributed by atoms with Crippen LogP contribution >= 0.6 is 27.3 Å². The molecule has 0 saturated carbocycles. The summed E-state index contributed by atoms with van der Waals surface area (Å²) in [5, 5.41) is 0. The Bertz CT molecular complexity index is 524. The molecule has 0 aromatic carbocycles. The number of aryl methyl sites for hydroxylation is 1. The molecule has 1 aromatic heterocycles. The molecule has 98 valence electrons. The summed E-state index contributed by atoms with van der Waals surface area (Å²) < 4.78 is 38.4. The highest BCUT2D eigenvalue weighted by molar-refractivity contribution is 9.11. The zero-order valence-corrected chi connectivity index (χ0v) is 13.7. The fourth-order valence-electron chi connectivity index (χ4n) is 1.41. The summed E-state index contributed by atoms with van der Waals surface area (Å²) in [5.74, 6) is 0.309. The smallest absolute Gasteiger partial charge is 0.241 e. The standard InChI is InChI=1S/C9H14BrNO3S3/c1-6(5-16(3)12)11-17(13,14)8-4-9(10)15-7(8)2/h4,6,11H,5H2,1-3H3. The van der Waals surface area contributed by atoms with E-state index in [-0.39, 0.29) is 10.9 Å². The Kier molecular flexibility index (Phi) is 5.33. The number of hydrogen-bond acceptors (Lipinski definition) is 4. The number of halogens is 1. The number of sulfonamides is 1. The van der Waals surface area contributed by atoms with Crippen molar-refractivity contribution < 1.29 is 12.6 Å². The first-order valence-corrected chi connectivity index (χ1v) is 9.62. The van der Waals surface area contributed by atoms with Crippen molar-refractivity contribution in [3.8, 4) is 0 Å². The van der Waals surface area contributed by atoms with Crippen LogP contribution < -0.4 is 4.72 Å². The second-order valence-electron chi connectivity index (χ2n) is 3.73. The molecular formula is C9H14BrNO3S3. The fraction of sp³-hybridized carbons (Fsp3) is 0.556. The lowest BCUT2D eigenvalue weighted by Crippen LogP contribution is -2.36. The van der Waals surface area contributed by atoms with Crippen LogP contribution in [0, 0.1) is 6.92 Å². The predicted molar refractivity (Wildman–Crippen MR) is 75.5 cm³/mol. The lowest BCUT2D eigenvalue weighted by Gasteiger charge is -2.12. The van der Waals surface area contributed by atoms with Crippen LogP contribution in [0.15, 0.2) is 14.7 Å². The van der Waals surface area contributed by atoms with Crippen molar-refractivity contribution in [2.75, 3.05) is 12.0 Å². The molecule has 8 heteroatoms. The van der Waals surface area contributed by atoms with Crippen molar-refractivity contribution in [2.45, 2.75) is 24.8 Å². The minimum Gasteiger partial charge on any atom is -0.260 e. The second kappa shape index (κ2) is 5.92. The Morgan fingerprint density at radius 1 is 1.59 bits per heavy atom. The first-order valence-electron chi connectivity index (χ1n) is 4.80. The maximum atomic E-state index is 12.0. The summed E-state index contributed by atoms with van der Waals surface area (Å²) in [6.07, 6.45) is 1.55. The zero-order valence-electron chi connectivity index (χ0n) is 9.69. The molecule has 0 aliphatic carbocycles. The summed E-state index contributed by atoms with van der Waals surface area (Å²) >= 11 is 4.63. The maximum absolute atomic E-state index is 12.0. The van der Waals surface area contributed by atoms with Gasteiger partial charge < -0.3 is 0 Å². The second-order valence-corrected chi connectivity index (χ2v) is 9.53. The fourth-order valence-corrected chi connectivity index (χ4v) is 5.96. The molecule has 1 aromatic rings. The van der Waals surface area contributed by atoms with Crippen molar-refractivity contribution in [1.82, 2.24) is 4.72 Å². The number of rotatable bonds is 5. The van der Waals surface area contributed by atoms with E-state index < -0.39 is 20.8 Å². The van der Waals surface area contributed by atoms with Crippen molar-refractivity contribution in [3.05, 3.63) is 14.7 Å². The van der Waals surface area contributed by atoms with Crippen LogP contribution in [-0.2, 0) is 20.8 Å². The highest BCUT2D eigenvalue weighted by Crippen LogP contribution is 2.29. The first-order chi connectivity index (χ1) is 7.72. The van der Waals surface area contributed by atoms with Crippen molar-refractivity contribution in [1.29, 1.82) is 0 Å². The minimum absolute atomic E-state index is 0.281. The van der Waals surface area contributed by atoms with Gasteiger partial charge in [-0.25, -0.2) is 13.1 Å². The topological polar surface area (TPSA) is 63.2 Å². The van der Waals surface area contributed by atoms with Gasteiger partial charge in [-0.2, -0.15) is 0 Å². The molecule has 0 aliphatic heterocycles. The van der Waals surface area contributed by atoms with E-state index in [9.17, 15) is 12.6 Å². The largest absolute Gasteiger partial charge is 0.260 e. The Balaban J connectivity index is 2.89. The maximum Gasteiger partial charge on any atom is 0.241 e. The lowest BCUT2D eigenvalue weighted by atomic mass is 10.4. The Labute approximate surface area is 116 Å². The molecule has 0 spiro atoms. The third kappa shape index (κ3) is 4.44. The molecule has 0 aliphatic rings. The van der Waals surface area contributed by atoms with Crippen LogP contribution in [0.4, 0.5) is 0 Å². The van der Waals surface area contributed by atoms with Gasteiger partial charge in [0.2, 0.25) is 10.0 Å². The van der Waals surface area contributed by atoms with Gasteiger partial charge in [0.05, 0.1) is 8.68 Å². The highest BCUT2D eigenvalue weighted by Gasteiger charge is 2.21. The van der Waals surface area contributed by atoms with E-state index in [2.05, 4.69) is 20.7 Å². The van der Waals surface area contributed by atoms with Gasteiger partial charge in [-0.1, -0.05) is 0 Å². The third-order valence-corrected chi connectivity index (χ3v) is 6.34. The minimum atomic E-state index is -3.52. The van der Waals surface area contributed by atoms with Crippen molar-refractivity contribution >= 4 is 48.1 Å². The number of nitrogens with one attached hydrogen (secondary N) is 1. The van der Waals surface area contributed by atoms with E-state index in [1.165, 1.54) is 11.3 Å². The lowest BCUT2D eigenvalue weighted by molar-refractivity contribution is 0.570. The van der Waals surface area contributed by atoms with Gasteiger partial charge in [-0.3, -0.25) is 4.21 Å². The first kappa shape index (κ1) is 15.3. The summed E-state index contributed by atoms with van der Waals surface area (Å²) in [7, 11) is -4.54. The molecule has 0 radical (unpaired) electrons. The third-order valence-electron chi connectivity index (χ3n) is 1.97. The SMILES string of the molecule is Cc1sc(Br)cc1S(=O)(=O)NC(C)CS(C)=O. The van der Waals surface area contributed by atoms with E-state index >= 15 is 0 Å². The van der Waals surface area contributed by atoms with Crippen LogP contribution in [0.25, 0.3) is 0 Å². The van der Waals surface area contributed by atoms with Gasteiger partial charge in [0.15, 0.2) is 0 Å². The van der Waals surface area contributed by atoms with Gasteiger partial charge in [0, 0.05) is 33.7 Å². The van der Waals surface area contributed by atoms with Crippen LogP contribution in [0.1, 0.15) is 11.8 Å². The molecule has 0 bridgehead atoms. The summed E-state index contributed by atoms with van der Waals surface area (Å²) in [4.78, 5) is 1.01. The van der Waals surface area contributed by atoms with E-state index in [0.29, 0.717) is 5.75 Å². The van der Waals surface area contributed by atoms with Crippen LogP contribution in [0.3, 0.4) is 0 Å². The van der Waals surface area contributed by atoms with Crippen molar-refractivity contribution in [2.24, 2.45) is 0 Å². The molecule has 1 heterocycles. The molecule has 0 saturated heterocycles. The van der Waals surface area contributed by atoms with Gasteiger partial charge in [-0.15, -0.1) is 11.3 Å². The average Bonchev–Trinajstić information content (AvgIpc) is 2.42. The number of thiophene rings is 1. The summed E-state index contributed by atoms with van der Waals surface area (Å²) in [6.45, 7) is 3.46. The molecular weight excluding hydrogens is 346 g/mol. The van der Waals surface area contributed by atoms with Crippen LogP contribution in [0.5, 0.6) is 0 Å². The van der Waals surface area contributed by atoms with Gasteiger partial charge in [0.1, 0.15) is 0 Å². The molecule has 0 amide bonds. The zero-order chi connectivity index (χ0) is 13.2. The Morgan fingerprint density at radius 2 is 2.18 bits per heavy atom. The molecule has 2 unspecified atom stereocenters. The van der Waals surface area contributed by atoms with Gasteiger partial charge in [-0.05, 0) is 35.8 Å². The molecule has 1 N–H and O–H groups in total. The molecule has 0 fully saturated rings. The Morgan fingerprint density at radius 3 is 2.59 bits per heavy atom.